The molecule has 0 aliphatic carbocycles. The smallest absolute Gasteiger partial charge is 0.409 e. The SMILES string of the molecule is CCOC(=O)N1CCCC(N2CCC(N3CC(F)(F)CC3CO)CC2)CC1. The zero-order valence-electron chi connectivity index (χ0n) is 16.3. The van der Waals surface area contributed by atoms with Crippen molar-refractivity contribution < 1.29 is 23.4 Å². The Morgan fingerprint density at radius 2 is 1.81 bits per heavy atom. The van der Waals surface area contributed by atoms with Gasteiger partial charge in [-0.05, 0) is 52.1 Å². The molecule has 0 aromatic rings. The summed E-state index contributed by atoms with van der Waals surface area (Å²) >= 11 is 0. The van der Waals surface area contributed by atoms with Crippen molar-refractivity contribution >= 4 is 6.09 Å². The summed E-state index contributed by atoms with van der Waals surface area (Å²) in [6.45, 7) is 5.06. The van der Waals surface area contributed by atoms with E-state index in [9.17, 15) is 18.7 Å². The number of carbonyl (C=O) groups excluding carboxylic acids is 1. The predicted octanol–water partition coefficient (Wildman–Crippen LogP) is 2.16. The van der Waals surface area contributed by atoms with Gasteiger partial charge in [0, 0.05) is 37.6 Å². The summed E-state index contributed by atoms with van der Waals surface area (Å²) in [5.41, 5.74) is 0. The predicted molar refractivity (Wildman–Crippen MR) is 98.0 cm³/mol. The van der Waals surface area contributed by atoms with Gasteiger partial charge in [0.1, 0.15) is 0 Å². The lowest BCUT2D eigenvalue weighted by molar-refractivity contribution is 0.000807. The normalized spacial score (nSPS) is 31.0. The first-order valence-corrected chi connectivity index (χ1v) is 10.3. The Kier molecular flexibility index (Phi) is 6.92. The van der Waals surface area contributed by atoms with Crippen LogP contribution in [0.4, 0.5) is 13.6 Å². The van der Waals surface area contributed by atoms with Gasteiger partial charge in [0.05, 0.1) is 19.8 Å². The van der Waals surface area contributed by atoms with Crippen molar-refractivity contribution in [2.24, 2.45) is 0 Å². The van der Waals surface area contributed by atoms with Crippen LogP contribution in [0, 0.1) is 0 Å². The molecule has 3 aliphatic rings. The molecule has 3 heterocycles. The van der Waals surface area contributed by atoms with Crippen molar-refractivity contribution in [3.63, 3.8) is 0 Å². The van der Waals surface area contributed by atoms with Crippen LogP contribution in [0.2, 0.25) is 0 Å². The Hall–Kier alpha value is -0.990. The zero-order valence-corrected chi connectivity index (χ0v) is 16.3. The maximum Gasteiger partial charge on any atom is 0.409 e. The first-order chi connectivity index (χ1) is 12.9. The van der Waals surface area contributed by atoms with Gasteiger partial charge in [-0.3, -0.25) is 4.90 Å². The van der Waals surface area contributed by atoms with E-state index in [-0.39, 0.29) is 31.7 Å². The van der Waals surface area contributed by atoms with Gasteiger partial charge in [-0.25, -0.2) is 13.6 Å². The summed E-state index contributed by atoms with van der Waals surface area (Å²) in [5.74, 6) is -2.68. The first kappa shape index (κ1) is 20.7. The van der Waals surface area contributed by atoms with E-state index in [1.54, 1.807) is 4.90 Å². The average molecular weight is 389 g/mol. The molecule has 0 spiro atoms. The maximum absolute atomic E-state index is 13.8. The number of carbonyl (C=O) groups is 1. The van der Waals surface area contributed by atoms with Gasteiger partial charge < -0.3 is 19.6 Å². The number of rotatable bonds is 4. The molecular weight excluding hydrogens is 356 g/mol. The van der Waals surface area contributed by atoms with E-state index < -0.39 is 12.0 Å². The van der Waals surface area contributed by atoms with Crippen LogP contribution in [0.1, 0.15) is 45.4 Å². The second-order valence-corrected chi connectivity index (χ2v) is 8.11. The molecule has 3 aliphatic heterocycles. The Balaban J connectivity index is 1.48. The molecule has 2 atom stereocenters. The highest BCUT2D eigenvalue weighted by molar-refractivity contribution is 5.67. The summed E-state index contributed by atoms with van der Waals surface area (Å²) in [5, 5.41) is 9.47. The van der Waals surface area contributed by atoms with Gasteiger partial charge in [0.25, 0.3) is 5.92 Å². The molecule has 2 unspecified atom stereocenters. The third kappa shape index (κ3) is 5.09. The molecule has 0 saturated carbocycles. The molecule has 3 rings (SSSR count). The number of aliphatic hydroxyl groups is 1. The van der Waals surface area contributed by atoms with Gasteiger partial charge in [-0.1, -0.05) is 0 Å². The number of amides is 1. The Morgan fingerprint density at radius 1 is 1.11 bits per heavy atom. The molecule has 0 bridgehead atoms. The molecule has 0 radical (unpaired) electrons. The van der Waals surface area contributed by atoms with E-state index in [0.717, 1.165) is 51.7 Å². The largest absolute Gasteiger partial charge is 0.450 e. The average Bonchev–Trinajstić information content (AvgIpc) is 2.82. The molecule has 27 heavy (non-hydrogen) atoms. The minimum atomic E-state index is -2.68. The number of alkyl halides is 2. The minimum absolute atomic E-state index is 0.133. The number of aliphatic hydroxyl groups excluding tert-OH is 1. The lowest BCUT2D eigenvalue weighted by atomic mass is 9.98. The summed E-state index contributed by atoms with van der Waals surface area (Å²) in [4.78, 5) is 18.0. The Labute approximate surface area is 160 Å². The fourth-order valence-electron chi connectivity index (χ4n) is 4.94. The number of halogens is 2. The van der Waals surface area contributed by atoms with Crippen LogP contribution < -0.4 is 0 Å². The fourth-order valence-corrected chi connectivity index (χ4v) is 4.94. The monoisotopic (exact) mass is 389 g/mol. The zero-order chi connectivity index (χ0) is 19.4. The molecule has 1 amide bonds. The van der Waals surface area contributed by atoms with E-state index in [1.165, 1.54) is 0 Å². The highest BCUT2D eigenvalue weighted by atomic mass is 19.3. The van der Waals surface area contributed by atoms with Crippen LogP contribution in [0.15, 0.2) is 0 Å². The van der Waals surface area contributed by atoms with Crippen molar-refractivity contribution in [1.29, 1.82) is 0 Å². The van der Waals surface area contributed by atoms with Gasteiger partial charge >= 0.3 is 6.09 Å². The summed E-state index contributed by atoms with van der Waals surface area (Å²) < 4.78 is 32.6. The molecule has 8 heteroatoms. The van der Waals surface area contributed by atoms with Crippen LogP contribution in [0.25, 0.3) is 0 Å². The number of hydrogen-bond donors (Lipinski definition) is 1. The molecular formula is C19H33F2N3O3. The number of hydrogen-bond acceptors (Lipinski definition) is 5. The lowest BCUT2D eigenvalue weighted by Crippen LogP contribution is -2.50. The first-order valence-electron chi connectivity index (χ1n) is 10.3. The van der Waals surface area contributed by atoms with Crippen molar-refractivity contribution in [2.45, 2.75) is 69.5 Å². The molecule has 156 valence electrons. The van der Waals surface area contributed by atoms with Crippen LogP contribution in [0.5, 0.6) is 0 Å². The fraction of sp³-hybridized carbons (Fsp3) is 0.947. The number of likely N-dealkylation sites (tertiary alicyclic amines) is 3. The van der Waals surface area contributed by atoms with Crippen LogP contribution in [0.3, 0.4) is 0 Å². The third-order valence-corrected chi connectivity index (χ3v) is 6.34. The second kappa shape index (κ2) is 9.01. The van der Waals surface area contributed by atoms with E-state index >= 15 is 0 Å². The summed E-state index contributed by atoms with van der Waals surface area (Å²) in [6.07, 6.45) is 4.24. The third-order valence-electron chi connectivity index (χ3n) is 6.34. The van der Waals surface area contributed by atoms with Crippen LogP contribution >= 0.6 is 0 Å². The standard InChI is InChI=1S/C19H33F2N3O3/c1-2-27-18(26)23-8-3-4-15(5-11-23)22-9-6-16(7-10-22)24-14-19(20,21)12-17(24)13-25/h15-17,25H,2-14H2,1H3. The van der Waals surface area contributed by atoms with Gasteiger partial charge in [0.2, 0.25) is 0 Å². The molecule has 3 saturated heterocycles. The van der Waals surface area contributed by atoms with E-state index in [2.05, 4.69) is 4.90 Å². The van der Waals surface area contributed by atoms with Crippen molar-refractivity contribution in [3.8, 4) is 0 Å². The molecule has 0 aromatic carbocycles. The van der Waals surface area contributed by atoms with E-state index in [0.29, 0.717) is 19.2 Å². The van der Waals surface area contributed by atoms with E-state index in [1.807, 2.05) is 11.8 Å². The molecule has 6 nitrogen and oxygen atoms in total. The number of piperidine rings is 1. The highest BCUT2D eigenvalue weighted by Crippen LogP contribution is 2.36. The summed E-state index contributed by atoms with van der Waals surface area (Å²) in [7, 11) is 0. The number of ether oxygens (including phenoxy) is 1. The van der Waals surface area contributed by atoms with Gasteiger partial charge in [-0.2, -0.15) is 0 Å². The van der Waals surface area contributed by atoms with Crippen molar-refractivity contribution in [2.75, 3.05) is 45.9 Å². The Morgan fingerprint density at radius 3 is 2.48 bits per heavy atom. The maximum atomic E-state index is 13.8. The molecule has 1 N–H and O–H groups in total. The van der Waals surface area contributed by atoms with E-state index in [4.69, 9.17) is 4.74 Å². The lowest BCUT2D eigenvalue weighted by Gasteiger charge is -2.41. The Bertz CT molecular complexity index is 501. The van der Waals surface area contributed by atoms with Crippen molar-refractivity contribution in [1.82, 2.24) is 14.7 Å². The van der Waals surface area contributed by atoms with Crippen LogP contribution in [-0.2, 0) is 4.74 Å². The minimum Gasteiger partial charge on any atom is -0.450 e. The second-order valence-electron chi connectivity index (χ2n) is 8.11. The van der Waals surface area contributed by atoms with Gasteiger partial charge in [0.15, 0.2) is 0 Å². The molecule has 0 aromatic heterocycles. The number of nitrogens with zero attached hydrogens (tertiary/aromatic N) is 3. The highest BCUT2D eigenvalue weighted by Gasteiger charge is 2.47. The van der Waals surface area contributed by atoms with Crippen molar-refractivity contribution in [3.05, 3.63) is 0 Å². The topological polar surface area (TPSA) is 56.2 Å². The van der Waals surface area contributed by atoms with Crippen LogP contribution in [-0.4, -0.2) is 95.9 Å². The molecule has 3 fully saturated rings. The summed E-state index contributed by atoms with van der Waals surface area (Å²) in [6, 6.07) is 0.167. The quantitative estimate of drug-likeness (QED) is 0.799. The van der Waals surface area contributed by atoms with Gasteiger partial charge in [-0.15, -0.1) is 0 Å².